The molecule has 2 rings (SSSR count). The maximum Gasteiger partial charge on any atom is 0.264 e. The molecule has 0 aliphatic rings. The van der Waals surface area contributed by atoms with E-state index in [4.69, 9.17) is 5.73 Å². The number of primary amides is 1. The average Bonchev–Trinajstić information content (AvgIpc) is 2.50. The molecule has 0 aliphatic heterocycles. The minimum Gasteiger partial charge on any atom is -0.370 e. The number of carbonyl (C=O) groups excluding carboxylic acids is 1. The van der Waals surface area contributed by atoms with E-state index in [-0.39, 0.29) is 17.9 Å². The molecule has 2 N–H and O–H groups in total. The van der Waals surface area contributed by atoms with Gasteiger partial charge in [0.05, 0.1) is 10.6 Å². The Morgan fingerprint density at radius 1 is 1.17 bits per heavy atom. The van der Waals surface area contributed by atoms with Crippen LogP contribution in [0.25, 0.3) is 0 Å². The minimum atomic E-state index is -4.02. The lowest BCUT2D eigenvalue weighted by Gasteiger charge is -2.25. The monoisotopic (exact) mass is 336 g/mol. The quantitative estimate of drug-likeness (QED) is 0.878. The Morgan fingerprint density at radius 3 is 2.43 bits per heavy atom. The highest BCUT2D eigenvalue weighted by atomic mass is 32.2. The molecule has 7 heteroatoms. The van der Waals surface area contributed by atoms with Crippen LogP contribution in [0.2, 0.25) is 0 Å². The van der Waals surface area contributed by atoms with E-state index in [0.29, 0.717) is 11.3 Å². The summed E-state index contributed by atoms with van der Waals surface area (Å²) in [6.45, 7) is 1.47. The van der Waals surface area contributed by atoms with Gasteiger partial charge in [0.15, 0.2) is 0 Å². The SMILES string of the molecule is Cc1ccc(F)cc1S(=O)(=O)N(CCC(N)=O)c1ccccc1. The van der Waals surface area contributed by atoms with Crippen LogP contribution in [0.1, 0.15) is 12.0 Å². The van der Waals surface area contributed by atoms with E-state index >= 15 is 0 Å². The first-order valence-corrected chi connectivity index (χ1v) is 8.38. The molecule has 0 saturated carbocycles. The van der Waals surface area contributed by atoms with Crippen LogP contribution >= 0.6 is 0 Å². The van der Waals surface area contributed by atoms with Crippen molar-refractivity contribution in [1.29, 1.82) is 0 Å². The van der Waals surface area contributed by atoms with Gasteiger partial charge >= 0.3 is 0 Å². The molecule has 1 amide bonds. The lowest BCUT2D eigenvalue weighted by Crippen LogP contribution is -2.34. The number of hydrogen-bond donors (Lipinski definition) is 1. The fourth-order valence-corrected chi connectivity index (χ4v) is 3.87. The van der Waals surface area contributed by atoms with Gasteiger partial charge in [-0.3, -0.25) is 9.10 Å². The highest BCUT2D eigenvalue weighted by Crippen LogP contribution is 2.26. The molecule has 2 aromatic carbocycles. The topological polar surface area (TPSA) is 80.5 Å². The molecular formula is C16H17FN2O3S. The average molecular weight is 336 g/mol. The molecule has 0 atom stereocenters. The van der Waals surface area contributed by atoms with E-state index in [2.05, 4.69) is 0 Å². The van der Waals surface area contributed by atoms with Crippen molar-refractivity contribution in [2.24, 2.45) is 5.73 Å². The van der Waals surface area contributed by atoms with Crippen molar-refractivity contribution in [2.45, 2.75) is 18.2 Å². The van der Waals surface area contributed by atoms with Crippen molar-refractivity contribution in [3.63, 3.8) is 0 Å². The van der Waals surface area contributed by atoms with Crippen molar-refractivity contribution >= 4 is 21.6 Å². The molecule has 5 nitrogen and oxygen atoms in total. The normalized spacial score (nSPS) is 11.2. The van der Waals surface area contributed by atoms with E-state index in [1.165, 1.54) is 12.1 Å². The summed E-state index contributed by atoms with van der Waals surface area (Å²) in [6, 6.07) is 11.9. The fraction of sp³-hybridized carbons (Fsp3) is 0.188. The van der Waals surface area contributed by atoms with Crippen LogP contribution < -0.4 is 10.0 Å². The first-order chi connectivity index (χ1) is 10.8. The summed E-state index contributed by atoms with van der Waals surface area (Å²) in [4.78, 5) is 10.9. The molecule has 0 fully saturated rings. The van der Waals surface area contributed by atoms with Gasteiger partial charge in [-0.05, 0) is 36.8 Å². The summed E-state index contributed by atoms with van der Waals surface area (Å²) >= 11 is 0. The number of carbonyl (C=O) groups is 1. The van der Waals surface area contributed by atoms with Crippen molar-refractivity contribution in [3.05, 3.63) is 59.9 Å². The highest BCUT2D eigenvalue weighted by molar-refractivity contribution is 7.92. The first kappa shape index (κ1) is 17.0. The van der Waals surface area contributed by atoms with Crippen LogP contribution in [-0.4, -0.2) is 20.9 Å². The second-order valence-corrected chi connectivity index (χ2v) is 6.87. The van der Waals surface area contributed by atoms with Gasteiger partial charge in [0.2, 0.25) is 5.91 Å². The Labute approximate surface area is 134 Å². The molecule has 0 saturated heterocycles. The molecule has 0 spiro atoms. The van der Waals surface area contributed by atoms with Crippen LogP contribution in [0.5, 0.6) is 0 Å². The highest BCUT2D eigenvalue weighted by Gasteiger charge is 2.27. The van der Waals surface area contributed by atoms with Gasteiger partial charge in [-0.1, -0.05) is 24.3 Å². The van der Waals surface area contributed by atoms with Crippen molar-refractivity contribution in [3.8, 4) is 0 Å². The first-order valence-electron chi connectivity index (χ1n) is 6.94. The van der Waals surface area contributed by atoms with Crippen LogP contribution in [-0.2, 0) is 14.8 Å². The Bertz CT molecular complexity index is 807. The van der Waals surface area contributed by atoms with E-state index < -0.39 is 21.7 Å². The number of nitrogens with two attached hydrogens (primary N) is 1. The molecule has 0 heterocycles. The summed E-state index contributed by atoms with van der Waals surface area (Å²) in [6.07, 6.45) is -0.136. The Kier molecular flexibility index (Phi) is 5.00. The third-order valence-corrected chi connectivity index (χ3v) is 5.29. The number of sulfonamides is 1. The zero-order chi connectivity index (χ0) is 17.0. The van der Waals surface area contributed by atoms with Gasteiger partial charge in [-0.15, -0.1) is 0 Å². The maximum atomic E-state index is 13.5. The summed E-state index contributed by atoms with van der Waals surface area (Å²) in [5, 5.41) is 0. The Balaban J connectivity index is 2.52. The standard InChI is InChI=1S/C16H17FN2O3S/c1-12-7-8-13(17)11-15(12)23(21,22)19(10-9-16(18)20)14-5-3-2-4-6-14/h2-8,11H,9-10H2,1H3,(H2,18,20). The minimum absolute atomic E-state index is 0.113. The van der Waals surface area contributed by atoms with Crippen LogP contribution in [0.15, 0.2) is 53.4 Å². The van der Waals surface area contributed by atoms with E-state index in [1.54, 1.807) is 37.3 Å². The van der Waals surface area contributed by atoms with Crippen LogP contribution in [0.3, 0.4) is 0 Å². The number of nitrogens with zero attached hydrogens (tertiary/aromatic N) is 1. The molecule has 0 bridgehead atoms. The molecule has 2 aromatic rings. The lowest BCUT2D eigenvalue weighted by atomic mass is 10.2. The van der Waals surface area contributed by atoms with Gasteiger partial charge in [0.1, 0.15) is 5.82 Å². The molecule has 122 valence electrons. The number of benzene rings is 2. The predicted molar refractivity (Wildman–Crippen MR) is 85.9 cm³/mol. The fourth-order valence-electron chi connectivity index (χ4n) is 2.16. The van der Waals surface area contributed by atoms with Gasteiger partial charge in [-0.2, -0.15) is 0 Å². The number of rotatable bonds is 6. The van der Waals surface area contributed by atoms with Crippen LogP contribution in [0.4, 0.5) is 10.1 Å². The summed E-state index contributed by atoms with van der Waals surface area (Å²) < 4.78 is 40.4. The lowest BCUT2D eigenvalue weighted by molar-refractivity contribution is -0.117. The largest absolute Gasteiger partial charge is 0.370 e. The zero-order valence-corrected chi connectivity index (χ0v) is 13.4. The number of hydrogen-bond acceptors (Lipinski definition) is 3. The second kappa shape index (κ2) is 6.78. The van der Waals surface area contributed by atoms with E-state index in [0.717, 1.165) is 10.4 Å². The maximum absolute atomic E-state index is 13.5. The number of para-hydroxylation sites is 1. The van der Waals surface area contributed by atoms with E-state index in [1.807, 2.05) is 0 Å². The molecule has 0 unspecified atom stereocenters. The second-order valence-electron chi connectivity index (χ2n) is 5.04. The van der Waals surface area contributed by atoms with Gasteiger partial charge < -0.3 is 5.73 Å². The number of anilines is 1. The Hall–Kier alpha value is -2.41. The number of amides is 1. The summed E-state index contributed by atoms with van der Waals surface area (Å²) in [5.41, 5.74) is 5.94. The molecule has 0 aromatic heterocycles. The van der Waals surface area contributed by atoms with Crippen LogP contribution in [0, 0.1) is 12.7 Å². The molecule has 0 aliphatic carbocycles. The van der Waals surface area contributed by atoms with Gasteiger partial charge in [0, 0.05) is 13.0 Å². The summed E-state index contributed by atoms with van der Waals surface area (Å²) in [7, 11) is -4.02. The van der Waals surface area contributed by atoms with E-state index in [9.17, 15) is 17.6 Å². The van der Waals surface area contributed by atoms with Gasteiger partial charge in [-0.25, -0.2) is 12.8 Å². The van der Waals surface area contributed by atoms with Gasteiger partial charge in [0.25, 0.3) is 10.0 Å². The van der Waals surface area contributed by atoms with Crippen molar-refractivity contribution in [2.75, 3.05) is 10.8 Å². The molecular weight excluding hydrogens is 319 g/mol. The predicted octanol–water partition coefficient (Wildman–Crippen LogP) is 2.20. The molecule has 0 radical (unpaired) electrons. The number of aryl methyl sites for hydroxylation is 1. The third kappa shape index (κ3) is 3.87. The molecule has 23 heavy (non-hydrogen) atoms. The summed E-state index contributed by atoms with van der Waals surface area (Å²) in [5.74, 6) is -1.26. The van der Waals surface area contributed by atoms with Crippen molar-refractivity contribution < 1.29 is 17.6 Å². The number of halogens is 1. The third-order valence-electron chi connectivity index (χ3n) is 3.32. The zero-order valence-electron chi connectivity index (χ0n) is 12.6. The Morgan fingerprint density at radius 2 is 1.83 bits per heavy atom. The van der Waals surface area contributed by atoms with Crippen molar-refractivity contribution in [1.82, 2.24) is 0 Å². The smallest absolute Gasteiger partial charge is 0.264 e.